The van der Waals surface area contributed by atoms with E-state index >= 15 is 0 Å². The second kappa shape index (κ2) is 4.73. The lowest BCUT2D eigenvalue weighted by Crippen LogP contribution is -2.28. The van der Waals surface area contributed by atoms with Crippen LogP contribution in [0.15, 0.2) is 23.3 Å². The van der Waals surface area contributed by atoms with Crippen LogP contribution < -0.4 is 5.69 Å². The van der Waals surface area contributed by atoms with Gasteiger partial charge in [-0.15, -0.1) is 0 Å². The number of aromatic amines is 2. The molecule has 1 aliphatic rings. The molecule has 3 aromatic heterocycles. The molecule has 110 valence electrons. The van der Waals surface area contributed by atoms with Gasteiger partial charge in [-0.05, 0) is 31.2 Å². The molecule has 0 saturated heterocycles. The molecule has 4 rings (SSSR count). The third-order valence-corrected chi connectivity index (χ3v) is 4.64. The van der Waals surface area contributed by atoms with E-state index in [-0.39, 0.29) is 18.3 Å². The summed E-state index contributed by atoms with van der Waals surface area (Å²) in [5, 5.41) is 10.4. The van der Waals surface area contributed by atoms with Gasteiger partial charge in [-0.2, -0.15) is 0 Å². The average molecular weight is 286 g/mol. The van der Waals surface area contributed by atoms with E-state index in [4.69, 9.17) is 0 Å². The van der Waals surface area contributed by atoms with Gasteiger partial charge in [0.15, 0.2) is 0 Å². The SMILES string of the molecule is O=c1[nH]c2cnc3[nH]ccc3c2n1[C@@H]1CCC[C@@H](CO)C1. The van der Waals surface area contributed by atoms with Crippen LogP contribution >= 0.6 is 0 Å². The Balaban J connectivity index is 1.93. The molecule has 21 heavy (non-hydrogen) atoms. The summed E-state index contributed by atoms with van der Waals surface area (Å²) >= 11 is 0. The van der Waals surface area contributed by atoms with Crippen molar-refractivity contribution in [2.45, 2.75) is 31.7 Å². The van der Waals surface area contributed by atoms with Crippen molar-refractivity contribution in [1.82, 2.24) is 19.5 Å². The molecule has 0 spiro atoms. The van der Waals surface area contributed by atoms with Crippen molar-refractivity contribution >= 4 is 22.1 Å². The molecular formula is C15H18N4O2. The predicted octanol–water partition coefficient (Wildman–Crippen LogP) is 1.93. The maximum atomic E-state index is 12.4. The molecule has 1 aliphatic carbocycles. The predicted molar refractivity (Wildman–Crippen MR) is 80.3 cm³/mol. The fraction of sp³-hybridized carbons (Fsp3) is 0.467. The van der Waals surface area contributed by atoms with Gasteiger partial charge in [0.2, 0.25) is 0 Å². The zero-order valence-electron chi connectivity index (χ0n) is 11.7. The highest BCUT2D eigenvalue weighted by molar-refractivity contribution is 6.00. The maximum Gasteiger partial charge on any atom is 0.326 e. The number of pyridine rings is 1. The molecule has 3 aromatic rings. The highest BCUT2D eigenvalue weighted by Gasteiger charge is 2.26. The molecule has 0 radical (unpaired) electrons. The van der Waals surface area contributed by atoms with Crippen molar-refractivity contribution in [3.8, 4) is 0 Å². The van der Waals surface area contributed by atoms with Crippen LogP contribution in [0.25, 0.3) is 22.1 Å². The number of nitrogens with one attached hydrogen (secondary N) is 2. The van der Waals surface area contributed by atoms with E-state index in [2.05, 4.69) is 15.0 Å². The fourth-order valence-electron chi connectivity index (χ4n) is 3.63. The lowest BCUT2D eigenvalue weighted by Gasteiger charge is -2.28. The first-order valence-electron chi connectivity index (χ1n) is 7.45. The van der Waals surface area contributed by atoms with Crippen LogP contribution in [0.1, 0.15) is 31.7 Å². The van der Waals surface area contributed by atoms with Crippen molar-refractivity contribution in [3.05, 3.63) is 28.9 Å². The second-order valence-corrected chi connectivity index (χ2v) is 5.93. The van der Waals surface area contributed by atoms with Crippen LogP contribution in [0.4, 0.5) is 0 Å². The molecular weight excluding hydrogens is 268 g/mol. The number of rotatable bonds is 2. The summed E-state index contributed by atoms with van der Waals surface area (Å²) in [4.78, 5) is 22.7. The number of H-pyrrole nitrogens is 2. The van der Waals surface area contributed by atoms with E-state index in [1.807, 2.05) is 16.8 Å². The molecule has 0 bridgehead atoms. The molecule has 0 aliphatic heterocycles. The maximum absolute atomic E-state index is 12.4. The van der Waals surface area contributed by atoms with Crippen molar-refractivity contribution < 1.29 is 5.11 Å². The van der Waals surface area contributed by atoms with E-state index in [1.165, 1.54) is 0 Å². The van der Waals surface area contributed by atoms with Gasteiger partial charge in [-0.3, -0.25) is 4.57 Å². The van der Waals surface area contributed by atoms with Gasteiger partial charge < -0.3 is 15.1 Å². The van der Waals surface area contributed by atoms with E-state index < -0.39 is 0 Å². The van der Waals surface area contributed by atoms with Crippen LogP contribution in [0, 0.1) is 5.92 Å². The van der Waals surface area contributed by atoms with E-state index in [1.54, 1.807) is 6.20 Å². The quantitative estimate of drug-likeness (QED) is 0.672. The molecule has 2 atom stereocenters. The first-order chi connectivity index (χ1) is 10.3. The third-order valence-electron chi connectivity index (χ3n) is 4.64. The van der Waals surface area contributed by atoms with Gasteiger partial charge in [-0.1, -0.05) is 6.42 Å². The highest BCUT2D eigenvalue weighted by Crippen LogP contribution is 2.34. The monoisotopic (exact) mass is 286 g/mol. The van der Waals surface area contributed by atoms with Gasteiger partial charge in [-0.25, -0.2) is 9.78 Å². The Morgan fingerprint density at radius 1 is 1.43 bits per heavy atom. The van der Waals surface area contributed by atoms with Crippen LogP contribution in [0.2, 0.25) is 0 Å². The summed E-state index contributed by atoms with van der Waals surface area (Å²) in [5.41, 5.74) is 2.42. The van der Waals surface area contributed by atoms with Crippen LogP contribution in [-0.4, -0.2) is 31.2 Å². The summed E-state index contributed by atoms with van der Waals surface area (Å²) < 4.78 is 1.87. The minimum atomic E-state index is -0.0795. The number of aliphatic hydroxyl groups is 1. The lowest BCUT2D eigenvalue weighted by atomic mass is 9.86. The van der Waals surface area contributed by atoms with Gasteiger partial charge >= 0.3 is 5.69 Å². The smallest absolute Gasteiger partial charge is 0.326 e. The molecule has 6 nitrogen and oxygen atoms in total. The molecule has 0 unspecified atom stereocenters. The summed E-state index contributed by atoms with van der Waals surface area (Å²) in [6.45, 7) is 0.203. The number of aliphatic hydroxyl groups excluding tert-OH is 1. The van der Waals surface area contributed by atoms with Crippen molar-refractivity contribution in [3.63, 3.8) is 0 Å². The Labute approximate surface area is 120 Å². The first kappa shape index (κ1) is 12.6. The lowest BCUT2D eigenvalue weighted by molar-refractivity contribution is 0.163. The van der Waals surface area contributed by atoms with E-state index in [0.717, 1.165) is 47.8 Å². The fourth-order valence-corrected chi connectivity index (χ4v) is 3.63. The Hall–Kier alpha value is -2.08. The number of hydrogen-bond donors (Lipinski definition) is 3. The van der Waals surface area contributed by atoms with Crippen LogP contribution in [0.3, 0.4) is 0 Å². The molecule has 0 aromatic carbocycles. The standard InChI is InChI=1S/C15H18N4O2/c20-8-9-2-1-3-10(6-9)19-13-11-4-5-16-14(11)17-7-12(13)18-15(19)21/h4-5,7,9-10,20H,1-3,6,8H2,(H,16,17)(H,18,21)/t9-,10-/m1/s1. The second-order valence-electron chi connectivity index (χ2n) is 5.93. The molecule has 6 heteroatoms. The van der Waals surface area contributed by atoms with Gasteiger partial charge in [0.05, 0.1) is 17.2 Å². The first-order valence-corrected chi connectivity index (χ1v) is 7.45. The highest BCUT2D eigenvalue weighted by atomic mass is 16.3. The Bertz CT molecular complexity index is 844. The van der Waals surface area contributed by atoms with Crippen molar-refractivity contribution in [2.75, 3.05) is 6.61 Å². The molecule has 3 N–H and O–H groups in total. The number of fused-ring (bicyclic) bond motifs is 3. The normalized spacial score (nSPS) is 23.1. The van der Waals surface area contributed by atoms with Crippen LogP contribution in [0.5, 0.6) is 0 Å². The van der Waals surface area contributed by atoms with Gasteiger partial charge in [0, 0.05) is 24.2 Å². The molecule has 0 amide bonds. The average Bonchev–Trinajstić information content (AvgIpc) is 3.09. The summed E-state index contributed by atoms with van der Waals surface area (Å²) in [7, 11) is 0. The van der Waals surface area contributed by atoms with Crippen molar-refractivity contribution in [2.24, 2.45) is 5.92 Å². The number of imidazole rings is 1. The van der Waals surface area contributed by atoms with E-state index in [9.17, 15) is 9.90 Å². The Morgan fingerprint density at radius 2 is 2.33 bits per heavy atom. The molecule has 1 fully saturated rings. The zero-order valence-corrected chi connectivity index (χ0v) is 11.7. The summed E-state index contributed by atoms with van der Waals surface area (Å²) in [6.07, 6.45) is 7.49. The van der Waals surface area contributed by atoms with Gasteiger partial charge in [0.1, 0.15) is 5.65 Å². The number of hydrogen-bond acceptors (Lipinski definition) is 3. The Kier molecular flexibility index (Phi) is 2.85. The van der Waals surface area contributed by atoms with E-state index in [0.29, 0.717) is 5.92 Å². The number of aromatic nitrogens is 4. The largest absolute Gasteiger partial charge is 0.396 e. The Morgan fingerprint density at radius 3 is 3.19 bits per heavy atom. The zero-order chi connectivity index (χ0) is 14.4. The summed E-state index contributed by atoms with van der Waals surface area (Å²) in [6, 6.07) is 2.11. The third kappa shape index (κ3) is 1.90. The molecule has 1 saturated carbocycles. The minimum absolute atomic E-state index is 0.0795. The number of nitrogens with zero attached hydrogens (tertiary/aromatic N) is 2. The van der Waals surface area contributed by atoms with Gasteiger partial charge in [0.25, 0.3) is 0 Å². The summed E-state index contributed by atoms with van der Waals surface area (Å²) in [5.74, 6) is 0.296. The minimum Gasteiger partial charge on any atom is -0.396 e. The topological polar surface area (TPSA) is 86.7 Å². The molecule has 3 heterocycles. The van der Waals surface area contributed by atoms with Crippen LogP contribution in [-0.2, 0) is 0 Å². The van der Waals surface area contributed by atoms with Crippen molar-refractivity contribution in [1.29, 1.82) is 0 Å².